The van der Waals surface area contributed by atoms with Gasteiger partial charge in [0.2, 0.25) is 0 Å². The minimum absolute atomic E-state index is 0.0500. The van der Waals surface area contributed by atoms with Crippen molar-refractivity contribution in [1.29, 1.82) is 0 Å². The largest absolute Gasteiger partial charge is 0.506 e. The second-order valence-corrected chi connectivity index (χ2v) is 6.68. The molecular weight excluding hydrogens is 372 g/mol. The summed E-state index contributed by atoms with van der Waals surface area (Å²) in [6.07, 6.45) is 0.972. The number of rotatable bonds is 5. The molecule has 0 saturated carbocycles. The predicted octanol–water partition coefficient (Wildman–Crippen LogP) is 4.69. The summed E-state index contributed by atoms with van der Waals surface area (Å²) in [7, 11) is 1.47. The van der Waals surface area contributed by atoms with Crippen molar-refractivity contribution in [3.05, 3.63) is 52.5 Å². The number of benzene rings is 2. The standard InChI is InChI=1S/C19H21ClN2O3S/c1-4-11(2)12-5-7-16(23)15(9-12)21-19(26)22-18(24)14-10-13(20)6-8-17(14)25-3/h5-11,23H,4H2,1-3H3,(H2,21,22,24,26)/t11-/m1/s1. The first kappa shape index (κ1) is 20.0. The van der Waals surface area contributed by atoms with E-state index in [9.17, 15) is 9.90 Å². The van der Waals surface area contributed by atoms with Crippen LogP contribution in [0.25, 0.3) is 0 Å². The maximum atomic E-state index is 12.4. The van der Waals surface area contributed by atoms with E-state index in [0.29, 0.717) is 22.4 Å². The SMILES string of the molecule is CC[C@@H](C)c1ccc(O)c(NC(=S)NC(=O)c2cc(Cl)ccc2OC)c1. The summed E-state index contributed by atoms with van der Waals surface area (Å²) in [6.45, 7) is 4.19. The first-order valence-corrected chi connectivity index (χ1v) is 8.93. The van der Waals surface area contributed by atoms with Crippen LogP contribution in [-0.2, 0) is 0 Å². The van der Waals surface area contributed by atoms with Crippen LogP contribution in [0.5, 0.6) is 11.5 Å². The van der Waals surface area contributed by atoms with Crippen LogP contribution in [0.1, 0.15) is 42.1 Å². The van der Waals surface area contributed by atoms with E-state index >= 15 is 0 Å². The molecule has 0 heterocycles. The number of amides is 1. The van der Waals surface area contributed by atoms with Gasteiger partial charge in [0.25, 0.3) is 5.91 Å². The van der Waals surface area contributed by atoms with Crippen molar-refractivity contribution < 1.29 is 14.6 Å². The van der Waals surface area contributed by atoms with E-state index in [1.807, 2.05) is 12.1 Å². The summed E-state index contributed by atoms with van der Waals surface area (Å²) in [5, 5.41) is 15.9. The lowest BCUT2D eigenvalue weighted by molar-refractivity contribution is 0.0974. The Morgan fingerprint density at radius 2 is 2.04 bits per heavy atom. The lowest BCUT2D eigenvalue weighted by Crippen LogP contribution is -2.34. The van der Waals surface area contributed by atoms with E-state index in [-0.39, 0.29) is 16.4 Å². The van der Waals surface area contributed by atoms with Crippen LogP contribution in [0, 0.1) is 0 Å². The summed E-state index contributed by atoms with van der Waals surface area (Å²) >= 11 is 11.1. The van der Waals surface area contributed by atoms with Crippen molar-refractivity contribution in [1.82, 2.24) is 5.32 Å². The molecule has 3 N–H and O–H groups in total. The number of methoxy groups -OCH3 is 1. The fourth-order valence-electron chi connectivity index (χ4n) is 2.38. The van der Waals surface area contributed by atoms with Crippen molar-refractivity contribution in [3.63, 3.8) is 0 Å². The zero-order valence-corrected chi connectivity index (χ0v) is 16.4. The summed E-state index contributed by atoms with van der Waals surface area (Å²) in [6, 6.07) is 10.0. The van der Waals surface area contributed by atoms with Gasteiger partial charge in [-0.05, 0) is 60.5 Å². The first-order chi connectivity index (χ1) is 12.3. The number of phenols is 1. The highest BCUT2D eigenvalue weighted by molar-refractivity contribution is 7.80. The van der Waals surface area contributed by atoms with Crippen molar-refractivity contribution in [3.8, 4) is 11.5 Å². The van der Waals surface area contributed by atoms with Crippen molar-refractivity contribution in [2.75, 3.05) is 12.4 Å². The average molecular weight is 393 g/mol. The summed E-state index contributed by atoms with van der Waals surface area (Å²) in [5.41, 5.74) is 1.77. The quantitative estimate of drug-likeness (QED) is 0.508. The monoisotopic (exact) mass is 392 g/mol. The van der Waals surface area contributed by atoms with E-state index in [1.165, 1.54) is 13.2 Å². The third-order valence-corrected chi connectivity index (χ3v) is 4.52. The van der Waals surface area contributed by atoms with Gasteiger partial charge in [0.15, 0.2) is 5.11 Å². The lowest BCUT2D eigenvalue weighted by Gasteiger charge is -2.15. The maximum absolute atomic E-state index is 12.4. The highest BCUT2D eigenvalue weighted by atomic mass is 35.5. The molecule has 26 heavy (non-hydrogen) atoms. The smallest absolute Gasteiger partial charge is 0.261 e. The Labute approximate surface area is 163 Å². The molecule has 0 aliphatic carbocycles. The van der Waals surface area contributed by atoms with Gasteiger partial charge < -0.3 is 15.2 Å². The number of nitrogens with one attached hydrogen (secondary N) is 2. The second-order valence-electron chi connectivity index (χ2n) is 5.84. The highest BCUT2D eigenvalue weighted by Crippen LogP contribution is 2.29. The Hall–Kier alpha value is -2.31. The minimum Gasteiger partial charge on any atom is -0.506 e. The number of aromatic hydroxyl groups is 1. The Morgan fingerprint density at radius 1 is 1.31 bits per heavy atom. The van der Waals surface area contributed by atoms with Crippen molar-refractivity contribution in [2.45, 2.75) is 26.2 Å². The molecule has 138 valence electrons. The number of ether oxygens (including phenoxy) is 1. The van der Waals surface area contributed by atoms with E-state index in [1.54, 1.807) is 18.2 Å². The molecule has 2 aromatic carbocycles. The zero-order valence-electron chi connectivity index (χ0n) is 14.8. The second kappa shape index (κ2) is 8.87. The highest BCUT2D eigenvalue weighted by Gasteiger charge is 2.15. The Bertz CT molecular complexity index is 826. The normalized spacial score (nSPS) is 11.5. The summed E-state index contributed by atoms with van der Waals surface area (Å²) in [5.74, 6) is 0.319. The number of carbonyl (C=O) groups is 1. The summed E-state index contributed by atoms with van der Waals surface area (Å²) in [4.78, 5) is 12.4. The third kappa shape index (κ3) is 4.86. The van der Waals surface area contributed by atoms with Gasteiger partial charge in [-0.3, -0.25) is 10.1 Å². The van der Waals surface area contributed by atoms with Gasteiger partial charge in [-0.25, -0.2) is 0 Å². The number of hydrogen-bond acceptors (Lipinski definition) is 4. The molecule has 0 spiro atoms. The Kier molecular flexibility index (Phi) is 6.83. The molecule has 7 heteroatoms. The van der Waals surface area contributed by atoms with Crippen LogP contribution in [0.4, 0.5) is 5.69 Å². The molecule has 2 rings (SSSR count). The molecule has 1 atom stereocenters. The van der Waals surface area contributed by atoms with Gasteiger partial charge in [-0.2, -0.15) is 0 Å². The maximum Gasteiger partial charge on any atom is 0.261 e. The van der Waals surface area contributed by atoms with E-state index in [2.05, 4.69) is 24.5 Å². The van der Waals surface area contributed by atoms with Crippen LogP contribution in [-0.4, -0.2) is 23.2 Å². The number of phenolic OH excluding ortho intramolecular Hbond substituents is 1. The van der Waals surface area contributed by atoms with Crippen molar-refractivity contribution >= 4 is 40.5 Å². The average Bonchev–Trinajstić information content (AvgIpc) is 2.62. The minimum atomic E-state index is -0.459. The molecule has 0 aliphatic heterocycles. The molecule has 0 bridgehead atoms. The topological polar surface area (TPSA) is 70.6 Å². The predicted molar refractivity (Wildman–Crippen MR) is 109 cm³/mol. The molecule has 0 saturated heterocycles. The molecule has 0 aromatic heterocycles. The Morgan fingerprint density at radius 3 is 2.69 bits per heavy atom. The van der Waals surface area contributed by atoms with Gasteiger partial charge in [-0.1, -0.05) is 31.5 Å². The van der Waals surface area contributed by atoms with E-state index in [4.69, 9.17) is 28.6 Å². The number of hydrogen-bond donors (Lipinski definition) is 3. The van der Waals surface area contributed by atoms with Crippen LogP contribution < -0.4 is 15.4 Å². The van der Waals surface area contributed by atoms with Gasteiger partial charge in [-0.15, -0.1) is 0 Å². The van der Waals surface area contributed by atoms with E-state index in [0.717, 1.165) is 12.0 Å². The molecule has 5 nitrogen and oxygen atoms in total. The van der Waals surface area contributed by atoms with E-state index < -0.39 is 5.91 Å². The fourth-order valence-corrected chi connectivity index (χ4v) is 2.75. The molecule has 0 fully saturated rings. The zero-order chi connectivity index (χ0) is 19.3. The molecule has 1 amide bonds. The Balaban J connectivity index is 2.14. The third-order valence-electron chi connectivity index (χ3n) is 4.08. The number of anilines is 1. The number of halogens is 1. The van der Waals surface area contributed by atoms with Gasteiger partial charge in [0.05, 0.1) is 18.4 Å². The first-order valence-electron chi connectivity index (χ1n) is 8.14. The van der Waals surface area contributed by atoms with Gasteiger partial charge in [0, 0.05) is 5.02 Å². The fraction of sp³-hybridized carbons (Fsp3) is 0.263. The number of carbonyl (C=O) groups excluding carboxylic acids is 1. The van der Waals surface area contributed by atoms with Crippen LogP contribution in [0.3, 0.4) is 0 Å². The molecule has 0 radical (unpaired) electrons. The molecule has 0 unspecified atom stereocenters. The molecular formula is C19H21ClN2O3S. The summed E-state index contributed by atoms with van der Waals surface area (Å²) < 4.78 is 5.17. The number of thiocarbonyl (C=S) groups is 1. The van der Waals surface area contributed by atoms with Crippen LogP contribution >= 0.6 is 23.8 Å². The van der Waals surface area contributed by atoms with Crippen LogP contribution in [0.2, 0.25) is 5.02 Å². The van der Waals surface area contributed by atoms with Crippen molar-refractivity contribution in [2.24, 2.45) is 0 Å². The van der Waals surface area contributed by atoms with Gasteiger partial charge in [0.1, 0.15) is 11.5 Å². The lowest BCUT2D eigenvalue weighted by atomic mass is 9.98. The van der Waals surface area contributed by atoms with Crippen LogP contribution in [0.15, 0.2) is 36.4 Å². The van der Waals surface area contributed by atoms with Gasteiger partial charge >= 0.3 is 0 Å². The molecule has 2 aromatic rings. The molecule has 0 aliphatic rings.